The molecule has 0 amide bonds. The Balaban J connectivity index is 1.40. The van der Waals surface area contributed by atoms with Gasteiger partial charge in [-0.15, -0.1) is 0 Å². The van der Waals surface area contributed by atoms with Crippen LogP contribution in [0.15, 0.2) is 54.6 Å². The molecular formula is C37H30O17. The van der Waals surface area contributed by atoms with Crippen molar-refractivity contribution in [2.45, 2.75) is 37.3 Å². The molecule has 5 aromatic rings. The van der Waals surface area contributed by atoms with Gasteiger partial charge in [0.2, 0.25) is 0 Å². The average molecular weight is 747 g/mol. The molecule has 2 aliphatic heterocycles. The number of rotatable bonds is 5. The highest BCUT2D eigenvalue weighted by Crippen LogP contribution is 2.55. The fourth-order valence-electron chi connectivity index (χ4n) is 6.65. The molecule has 54 heavy (non-hydrogen) atoms. The highest BCUT2D eigenvalue weighted by Gasteiger charge is 2.41. The molecule has 0 spiro atoms. The van der Waals surface area contributed by atoms with Gasteiger partial charge in [-0.25, -0.2) is 4.79 Å². The van der Waals surface area contributed by atoms with E-state index in [9.17, 15) is 71.2 Å². The first-order chi connectivity index (χ1) is 25.5. The third-order valence-corrected chi connectivity index (χ3v) is 9.22. The van der Waals surface area contributed by atoms with E-state index in [4.69, 9.17) is 14.2 Å². The monoisotopic (exact) mass is 746 g/mol. The Morgan fingerprint density at radius 1 is 0.574 bits per heavy atom. The fraction of sp³-hybridized carbons (Fsp3) is 0.162. The van der Waals surface area contributed by atoms with Crippen molar-refractivity contribution < 1.29 is 85.4 Å². The van der Waals surface area contributed by atoms with Gasteiger partial charge in [-0.3, -0.25) is 0 Å². The van der Waals surface area contributed by atoms with Gasteiger partial charge in [-0.05, 0) is 36.4 Å². The Kier molecular flexibility index (Phi) is 8.29. The number of aliphatic hydroxyl groups excluding tert-OH is 1. The van der Waals surface area contributed by atoms with Crippen LogP contribution in [-0.4, -0.2) is 84.6 Å². The molecular weight excluding hydrogens is 716 g/mol. The largest absolute Gasteiger partial charge is 0.508 e. The van der Waals surface area contributed by atoms with E-state index in [0.717, 1.165) is 54.6 Å². The molecule has 0 bridgehead atoms. The van der Waals surface area contributed by atoms with Crippen molar-refractivity contribution in [1.29, 1.82) is 0 Å². The number of aliphatic hydroxyl groups is 1. The van der Waals surface area contributed by atoms with Gasteiger partial charge in [0.1, 0.15) is 40.6 Å². The minimum Gasteiger partial charge on any atom is -0.508 e. The van der Waals surface area contributed by atoms with Crippen molar-refractivity contribution in [3.05, 3.63) is 82.4 Å². The molecule has 0 fully saturated rings. The number of phenols is 12. The van der Waals surface area contributed by atoms with E-state index >= 15 is 0 Å². The van der Waals surface area contributed by atoms with Crippen molar-refractivity contribution in [3.63, 3.8) is 0 Å². The molecule has 0 saturated carbocycles. The van der Waals surface area contributed by atoms with E-state index in [-0.39, 0.29) is 57.7 Å². The molecule has 13 N–H and O–H groups in total. The first-order valence-corrected chi connectivity index (χ1v) is 15.9. The second-order valence-corrected chi connectivity index (χ2v) is 12.7. The van der Waals surface area contributed by atoms with Crippen LogP contribution in [0.3, 0.4) is 0 Å². The zero-order valence-electron chi connectivity index (χ0n) is 27.4. The molecule has 7 rings (SSSR count). The summed E-state index contributed by atoms with van der Waals surface area (Å²) < 4.78 is 18.1. The van der Waals surface area contributed by atoms with Gasteiger partial charge in [-0.1, -0.05) is 0 Å². The quantitative estimate of drug-likeness (QED) is 0.0899. The normalized spacial score (nSPS) is 18.8. The fourth-order valence-corrected chi connectivity index (χ4v) is 6.65. The summed E-state index contributed by atoms with van der Waals surface area (Å²) in [5.74, 6) is -10.0. The topological polar surface area (TPSA) is 308 Å². The molecule has 4 atom stereocenters. The summed E-state index contributed by atoms with van der Waals surface area (Å²) in [6.45, 7) is 0. The summed E-state index contributed by atoms with van der Waals surface area (Å²) >= 11 is 0. The standard InChI is InChI=1S/C37H30O17/c38-14-5-19(39)17-10-30(53-37(51)13-3-26(46)33(50)27(47)4-13)35(52-29(17)6-14)16-8-22(42)21(41)7-15(16)31-23(43)11-20(40)18-9-28(48)34(54-36(18)31)12-1-24(44)32(49)25(45)2-12/h1-8,11,28,30,34-35,38-50H,9-10H2/t28-,30-,34-,35-/m1/s1. The van der Waals surface area contributed by atoms with E-state index in [0.29, 0.717) is 0 Å². The maximum absolute atomic E-state index is 13.4. The van der Waals surface area contributed by atoms with Gasteiger partial charge in [0, 0.05) is 58.9 Å². The van der Waals surface area contributed by atoms with Gasteiger partial charge in [0.15, 0.2) is 58.2 Å². The predicted octanol–water partition coefficient (Wildman–Crippen LogP) is 3.76. The Hall–Kier alpha value is -7.27. The average Bonchev–Trinajstić information content (AvgIpc) is 3.10. The second kappa shape index (κ2) is 12.7. The van der Waals surface area contributed by atoms with Crippen LogP contribution in [0.5, 0.6) is 80.5 Å². The Bertz CT molecular complexity index is 2320. The van der Waals surface area contributed by atoms with Crippen molar-refractivity contribution in [2.24, 2.45) is 0 Å². The first kappa shape index (κ1) is 35.1. The summed E-state index contributed by atoms with van der Waals surface area (Å²) in [7, 11) is 0. The number of hydrogen-bond donors (Lipinski definition) is 13. The molecule has 17 nitrogen and oxygen atoms in total. The summed E-state index contributed by atoms with van der Waals surface area (Å²) in [5.41, 5.74) is -0.986. The number of benzene rings is 5. The van der Waals surface area contributed by atoms with Crippen LogP contribution < -0.4 is 9.47 Å². The highest BCUT2D eigenvalue weighted by molar-refractivity contribution is 5.91. The molecule has 0 saturated heterocycles. The smallest absolute Gasteiger partial charge is 0.338 e. The van der Waals surface area contributed by atoms with Crippen LogP contribution in [-0.2, 0) is 17.6 Å². The third kappa shape index (κ3) is 5.87. The summed E-state index contributed by atoms with van der Waals surface area (Å²) in [6, 6.07) is 8.72. The van der Waals surface area contributed by atoms with Gasteiger partial charge in [0.25, 0.3) is 0 Å². The molecule has 2 heterocycles. The summed E-state index contributed by atoms with van der Waals surface area (Å²) in [6.07, 6.45) is -6.48. The van der Waals surface area contributed by atoms with E-state index in [2.05, 4.69) is 0 Å². The predicted molar refractivity (Wildman–Crippen MR) is 181 cm³/mol. The van der Waals surface area contributed by atoms with E-state index < -0.39 is 105 Å². The zero-order chi connectivity index (χ0) is 38.9. The van der Waals surface area contributed by atoms with Gasteiger partial charge < -0.3 is 80.6 Å². The molecule has 0 aliphatic carbocycles. The third-order valence-electron chi connectivity index (χ3n) is 9.22. The summed E-state index contributed by atoms with van der Waals surface area (Å²) in [5, 5.41) is 136. The molecule has 5 aromatic carbocycles. The van der Waals surface area contributed by atoms with Crippen molar-refractivity contribution >= 4 is 5.97 Å². The Labute approximate surface area is 302 Å². The highest BCUT2D eigenvalue weighted by atomic mass is 16.6. The molecule has 0 aromatic heterocycles. The van der Waals surface area contributed by atoms with Crippen LogP contribution >= 0.6 is 0 Å². The van der Waals surface area contributed by atoms with Crippen LogP contribution in [0.25, 0.3) is 11.1 Å². The van der Waals surface area contributed by atoms with Crippen LogP contribution in [0.1, 0.15) is 44.8 Å². The lowest BCUT2D eigenvalue weighted by Gasteiger charge is -2.36. The number of aromatic hydroxyl groups is 12. The number of hydrogen-bond acceptors (Lipinski definition) is 17. The van der Waals surface area contributed by atoms with Gasteiger partial charge in [0.05, 0.1) is 17.2 Å². The van der Waals surface area contributed by atoms with E-state index in [1.807, 2.05) is 0 Å². The lowest BCUT2D eigenvalue weighted by molar-refractivity contribution is -0.0187. The first-order valence-electron chi connectivity index (χ1n) is 15.9. The number of esters is 1. The number of phenolic OH excluding ortho intramolecular Hbond substituents is 12. The second-order valence-electron chi connectivity index (χ2n) is 12.7. The molecule has 280 valence electrons. The van der Waals surface area contributed by atoms with Gasteiger partial charge in [-0.2, -0.15) is 0 Å². The molecule has 2 aliphatic rings. The van der Waals surface area contributed by atoms with Gasteiger partial charge >= 0.3 is 5.97 Å². The lowest BCUT2D eigenvalue weighted by Crippen LogP contribution is -2.35. The van der Waals surface area contributed by atoms with Crippen molar-refractivity contribution in [2.75, 3.05) is 0 Å². The maximum Gasteiger partial charge on any atom is 0.338 e. The Morgan fingerprint density at radius 3 is 1.81 bits per heavy atom. The van der Waals surface area contributed by atoms with Crippen LogP contribution in [0.4, 0.5) is 0 Å². The lowest BCUT2D eigenvalue weighted by atomic mass is 9.85. The van der Waals surface area contributed by atoms with Crippen LogP contribution in [0.2, 0.25) is 0 Å². The molecule has 0 unspecified atom stereocenters. The number of fused-ring (bicyclic) bond motifs is 2. The van der Waals surface area contributed by atoms with E-state index in [1.165, 1.54) is 0 Å². The molecule has 0 radical (unpaired) electrons. The maximum atomic E-state index is 13.4. The van der Waals surface area contributed by atoms with Crippen LogP contribution in [0, 0.1) is 0 Å². The number of ether oxygens (including phenoxy) is 3. The number of carbonyl (C=O) groups excluding carboxylic acids is 1. The minimum absolute atomic E-state index is 0.0337. The van der Waals surface area contributed by atoms with Crippen molar-refractivity contribution in [3.8, 4) is 91.6 Å². The summed E-state index contributed by atoms with van der Waals surface area (Å²) in [4.78, 5) is 13.4. The van der Waals surface area contributed by atoms with E-state index in [1.54, 1.807) is 0 Å². The number of carbonyl (C=O) groups is 1. The van der Waals surface area contributed by atoms with Crippen molar-refractivity contribution in [1.82, 2.24) is 0 Å². The zero-order valence-corrected chi connectivity index (χ0v) is 27.4. The SMILES string of the molecule is O=C(O[C@@H]1Cc2c(O)cc(O)cc2O[C@@H]1c1cc(O)c(O)cc1-c1c(O)cc(O)c2c1O[C@H](c1cc(O)c(O)c(O)c1)[C@H](O)C2)c1cc(O)c(O)c(O)c1. The Morgan fingerprint density at radius 2 is 1.17 bits per heavy atom. The molecule has 17 heteroatoms. The minimum atomic E-state index is -1.52.